The average Bonchev–Trinajstić information content (AvgIpc) is 2.66. The fourth-order valence-electron chi connectivity index (χ4n) is 2.89. The highest BCUT2D eigenvalue weighted by Gasteiger charge is 2.40. The van der Waals surface area contributed by atoms with E-state index in [2.05, 4.69) is 51.2 Å². The topological polar surface area (TPSA) is 29.1 Å². The Hall–Kier alpha value is -1.31. The van der Waals surface area contributed by atoms with E-state index in [4.69, 9.17) is 0 Å². The summed E-state index contributed by atoms with van der Waals surface area (Å²) in [7, 11) is 0. The standard InChI is InChI=1S/C16H23NO/c1-11(2)16(8-7-15(18)17-16)10-14-6-5-12(3)9-13(14)4/h5-6,9,11H,7-8,10H2,1-4H3,(H,17,18). The Balaban J connectivity index is 2.27. The highest BCUT2D eigenvalue weighted by atomic mass is 16.2. The molecule has 2 nitrogen and oxygen atoms in total. The van der Waals surface area contributed by atoms with E-state index >= 15 is 0 Å². The van der Waals surface area contributed by atoms with Crippen LogP contribution in [0.2, 0.25) is 0 Å². The summed E-state index contributed by atoms with van der Waals surface area (Å²) in [4.78, 5) is 11.6. The lowest BCUT2D eigenvalue weighted by Crippen LogP contribution is -2.48. The number of hydrogen-bond donors (Lipinski definition) is 1. The number of hydrogen-bond acceptors (Lipinski definition) is 1. The van der Waals surface area contributed by atoms with Gasteiger partial charge in [-0.15, -0.1) is 0 Å². The number of benzene rings is 1. The van der Waals surface area contributed by atoms with Crippen LogP contribution in [0.3, 0.4) is 0 Å². The lowest BCUT2D eigenvalue weighted by atomic mass is 9.79. The first-order valence-electron chi connectivity index (χ1n) is 6.80. The van der Waals surface area contributed by atoms with E-state index in [1.54, 1.807) is 0 Å². The zero-order valence-electron chi connectivity index (χ0n) is 11.8. The Labute approximate surface area is 110 Å². The predicted octanol–water partition coefficient (Wildman–Crippen LogP) is 3.15. The van der Waals surface area contributed by atoms with Crippen LogP contribution in [0.15, 0.2) is 18.2 Å². The Bertz CT molecular complexity index is 464. The molecular formula is C16H23NO. The van der Waals surface area contributed by atoms with Crippen LogP contribution in [0.1, 0.15) is 43.4 Å². The number of amides is 1. The number of carbonyl (C=O) groups excluding carboxylic acids is 1. The van der Waals surface area contributed by atoms with Crippen LogP contribution in [-0.4, -0.2) is 11.4 Å². The van der Waals surface area contributed by atoms with Gasteiger partial charge in [0.2, 0.25) is 5.91 Å². The molecule has 1 amide bonds. The van der Waals surface area contributed by atoms with Crippen molar-refractivity contribution in [2.75, 3.05) is 0 Å². The van der Waals surface area contributed by atoms with Crippen molar-refractivity contribution in [1.29, 1.82) is 0 Å². The molecule has 1 saturated heterocycles. The van der Waals surface area contributed by atoms with Gasteiger partial charge in [-0.05, 0) is 43.7 Å². The minimum Gasteiger partial charge on any atom is -0.350 e. The minimum atomic E-state index is -0.0445. The van der Waals surface area contributed by atoms with Gasteiger partial charge in [-0.3, -0.25) is 4.79 Å². The zero-order valence-corrected chi connectivity index (χ0v) is 11.8. The maximum absolute atomic E-state index is 11.6. The first-order chi connectivity index (χ1) is 8.43. The van der Waals surface area contributed by atoms with Gasteiger partial charge >= 0.3 is 0 Å². The number of carbonyl (C=O) groups is 1. The largest absolute Gasteiger partial charge is 0.350 e. The quantitative estimate of drug-likeness (QED) is 0.871. The minimum absolute atomic E-state index is 0.0445. The van der Waals surface area contributed by atoms with E-state index in [1.165, 1.54) is 16.7 Å². The molecule has 2 heteroatoms. The fourth-order valence-corrected chi connectivity index (χ4v) is 2.89. The summed E-state index contributed by atoms with van der Waals surface area (Å²) >= 11 is 0. The Kier molecular flexibility index (Phi) is 3.47. The summed E-state index contributed by atoms with van der Waals surface area (Å²) in [6, 6.07) is 6.59. The van der Waals surface area contributed by atoms with Crippen molar-refractivity contribution in [3.05, 3.63) is 34.9 Å². The molecule has 1 atom stereocenters. The maximum Gasteiger partial charge on any atom is 0.220 e. The van der Waals surface area contributed by atoms with Gasteiger partial charge in [0.05, 0.1) is 0 Å². The highest BCUT2D eigenvalue weighted by Crippen LogP contribution is 2.32. The first-order valence-corrected chi connectivity index (χ1v) is 6.80. The number of nitrogens with one attached hydrogen (secondary N) is 1. The SMILES string of the molecule is Cc1ccc(CC2(C(C)C)CCC(=O)N2)c(C)c1. The van der Waals surface area contributed by atoms with Crippen LogP contribution >= 0.6 is 0 Å². The molecule has 98 valence electrons. The molecule has 0 saturated carbocycles. The van der Waals surface area contributed by atoms with E-state index in [0.717, 1.165) is 12.8 Å². The first kappa shape index (κ1) is 13.1. The third-order valence-corrected chi connectivity index (χ3v) is 4.30. The van der Waals surface area contributed by atoms with Gasteiger partial charge in [-0.1, -0.05) is 37.6 Å². The molecular weight excluding hydrogens is 222 g/mol. The van der Waals surface area contributed by atoms with Crippen molar-refractivity contribution >= 4 is 5.91 Å². The van der Waals surface area contributed by atoms with Crippen molar-refractivity contribution in [2.24, 2.45) is 5.92 Å². The van der Waals surface area contributed by atoms with E-state index in [-0.39, 0.29) is 11.4 Å². The third kappa shape index (κ3) is 2.43. The molecule has 2 rings (SSSR count). The van der Waals surface area contributed by atoms with Gasteiger partial charge in [0.1, 0.15) is 0 Å². The molecule has 18 heavy (non-hydrogen) atoms. The summed E-state index contributed by atoms with van der Waals surface area (Å²) in [6.45, 7) is 8.68. The Morgan fingerprint density at radius 2 is 2.06 bits per heavy atom. The summed E-state index contributed by atoms with van der Waals surface area (Å²) < 4.78 is 0. The van der Waals surface area contributed by atoms with E-state index < -0.39 is 0 Å². The molecule has 1 heterocycles. The second-order valence-corrected chi connectivity index (χ2v) is 5.97. The smallest absolute Gasteiger partial charge is 0.220 e. The van der Waals surface area contributed by atoms with Gasteiger partial charge in [0, 0.05) is 12.0 Å². The number of aryl methyl sites for hydroxylation is 2. The number of rotatable bonds is 3. The molecule has 1 aromatic rings. The Morgan fingerprint density at radius 1 is 1.33 bits per heavy atom. The van der Waals surface area contributed by atoms with E-state index in [0.29, 0.717) is 12.3 Å². The van der Waals surface area contributed by atoms with Crippen molar-refractivity contribution in [1.82, 2.24) is 5.32 Å². The van der Waals surface area contributed by atoms with Crippen molar-refractivity contribution in [3.63, 3.8) is 0 Å². The lowest BCUT2D eigenvalue weighted by Gasteiger charge is -2.34. The second kappa shape index (κ2) is 4.75. The molecule has 0 radical (unpaired) electrons. The fraction of sp³-hybridized carbons (Fsp3) is 0.562. The third-order valence-electron chi connectivity index (χ3n) is 4.30. The molecule has 0 spiro atoms. The van der Waals surface area contributed by atoms with Crippen LogP contribution in [0.4, 0.5) is 0 Å². The van der Waals surface area contributed by atoms with Gasteiger partial charge in [-0.2, -0.15) is 0 Å². The summed E-state index contributed by atoms with van der Waals surface area (Å²) in [6.07, 6.45) is 2.57. The summed E-state index contributed by atoms with van der Waals surface area (Å²) in [5.41, 5.74) is 3.94. The van der Waals surface area contributed by atoms with Gasteiger partial charge in [0.25, 0.3) is 0 Å². The van der Waals surface area contributed by atoms with Crippen LogP contribution in [0, 0.1) is 19.8 Å². The maximum atomic E-state index is 11.6. The van der Waals surface area contributed by atoms with E-state index in [9.17, 15) is 4.79 Å². The van der Waals surface area contributed by atoms with Crippen LogP contribution in [0.25, 0.3) is 0 Å². The molecule has 1 fully saturated rings. The summed E-state index contributed by atoms with van der Waals surface area (Å²) in [5, 5.41) is 3.22. The Morgan fingerprint density at radius 3 is 2.56 bits per heavy atom. The molecule has 0 aromatic heterocycles. The lowest BCUT2D eigenvalue weighted by molar-refractivity contribution is -0.120. The highest BCUT2D eigenvalue weighted by molar-refractivity contribution is 5.79. The van der Waals surface area contributed by atoms with Crippen molar-refractivity contribution in [2.45, 2.75) is 52.5 Å². The van der Waals surface area contributed by atoms with Crippen LogP contribution < -0.4 is 5.32 Å². The molecule has 0 aliphatic carbocycles. The average molecular weight is 245 g/mol. The van der Waals surface area contributed by atoms with E-state index in [1.807, 2.05) is 0 Å². The van der Waals surface area contributed by atoms with Crippen LogP contribution in [-0.2, 0) is 11.2 Å². The van der Waals surface area contributed by atoms with Crippen LogP contribution in [0.5, 0.6) is 0 Å². The van der Waals surface area contributed by atoms with Crippen molar-refractivity contribution in [3.8, 4) is 0 Å². The monoisotopic (exact) mass is 245 g/mol. The molecule has 1 aromatic carbocycles. The molecule has 1 aliphatic rings. The van der Waals surface area contributed by atoms with Gasteiger partial charge in [0.15, 0.2) is 0 Å². The molecule has 0 bridgehead atoms. The normalized spacial score (nSPS) is 23.5. The summed E-state index contributed by atoms with van der Waals surface area (Å²) in [5.74, 6) is 0.665. The molecule has 1 unspecified atom stereocenters. The second-order valence-electron chi connectivity index (χ2n) is 5.97. The predicted molar refractivity (Wildman–Crippen MR) is 74.6 cm³/mol. The molecule has 1 aliphatic heterocycles. The molecule has 1 N–H and O–H groups in total. The van der Waals surface area contributed by atoms with Crippen molar-refractivity contribution < 1.29 is 4.79 Å². The zero-order chi connectivity index (χ0) is 13.3. The van der Waals surface area contributed by atoms with Gasteiger partial charge < -0.3 is 5.32 Å². The van der Waals surface area contributed by atoms with Gasteiger partial charge in [-0.25, -0.2) is 0 Å².